The van der Waals surface area contributed by atoms with E-state index in [9.17, 15) is 9.90 Å². The molecule has 0 bridgehead atoms. The monoisotopic (exact) mass is 509 g/mol. The van der Waals surface area contributed by atoms with E-state index in [1.165, 1.54) is 96.3 Å². The lowest BCUT2D eigenvalue weighted by atomic mass is 9.57. The van der Waals surface area contributed by atoms with Crippen molar-refractivity contribution in [1.82, 2.24) is 0 Å². The number of hydrogen-bond acceptors (Lipinski definition) is 1. The molecule has 0 aliphatic rings. The zero-order chi connectivity index (χ0) is 27.3. The van der Waals surface area contributed by atoms with Crippen LogP contribution >= 0.6 is 0 Å². The Balaban J connectivity index is 6.50. The highest BCUT2D eigenvalue weighted by Gasteiger charge is 2.46. The lowest BCUT2D eigenvalue weighted by molar-refractivity contribution is -0.150. The summed E-state index contributed by atoms with van der Waals surface area (Å²) in [5.74, 6) is -0.134. The molecule has 0 saturated carbocycles. The smallest absolute Gasteiger partial charge is 0.307 e. The van der Waals surface area contributed by atoms with Gasteiger partial charge in [0.25, 0.3) is 0 Å². The molecule has 2 heteroatoms. The average Bonchev–Trinajstić information content (AvgIpc) is 2.87. The summed E-state index contributed by atoms with van der Waals surface area (Å²) in [4.78, 5) is 13.2. The fourth-order valence-corrected chi connectivity index (χ4v) is 7.39. The molecule has 0 aliphatic carbocycles. The molecule has 36 heavy (non-hydrogen) atoms. The van der Waals surface area contributed by atoms with Crippen LogP contribution in [0, 0.1) is 22.7 Å². The van der Waals surface area contributed by atoms with Crippen LogP contribution < -0.4 is 0 Å². The van der Waals surface area contributed by atoms with E-state index in [1.807, 2.05) is 0 Å². The summed E-state index contributed by atoms with van der Waals surface area (Å²) in [6, 6.07) is 0. The second-order valence-corrected chi connectivity index (χ2v) is 12.3. The Morgan fingerprint density at radius 1 is 0.528 bits per heavy atom. The van der Waals surface area contributed by atoms with E-state index in [-0.39, 0.29) is 11.3 Å². The molecule has 2 nitrogen and oxygen atoms in total. The number of carbonyl (C=O) groups is 1. The Bertz CT molecular complexity index is 495. The van der Waals surface area contributed by atoms with Gasteiger partial charge in [0, 0.05) is 0 Å². The standard InChI is InChI=1S/C34H68O2/c1-8-15-20-21-22-30(33(23-13-6,25-16-9-2)26-17-10-3)29-31(32(35)36)34(24-14-7,27-18-11-4)28-19-12-5/h30-31H,8-29H2,1-7H3,(H,35,36). The second-order valence-electron chi connectivity index (χ2n) is 12.3. The molecule has 0 saturated heterocycles. The van der Waals surface area contributed by atoms with Crippen LogP contribution in [0.3, 0.4) is 0 Å². The molecule has 216 valence electrons. The first kappa shape index (κ1) is 35.5. The van der Waals surface area contributed by atoms with E-state index in [0.717, 1.165) is 44.9 Å². The van der Waals surface area contributed by atoms with Crippen LogP contribution in [0.2, 0.25) is 0 Å². The lowest BCUT2D eigenvalue weighted by Gasteiger charge is -2.47. The molecule has 0 amide bonds. The number of aliphatic carboxylic acids is 1. The van der Waals surface area contributed by atoms with Gasteiger partial charge in [0.2, 0.25) is 0 Å². The van der Waals surface area contributed by atoms with Gasteiger partial charge in [-0.15, -0.1) is 0 Å². The first-order valence-electron chi connectivity index (χ1n) is 16.6. The number of rotatable bonds is 26. The summed E-state index contributed by atoms with van der Waals surface area (Å²) in [7, 11) is 0. The number of carboxylic acid groups (broad SMARTS) is 1. The normalized spacial score (nSPS) is 14.2. The van der Waals surface area contributed by atoms with Crippen molar-refractivity contribution in [2.75, 3.05) is 0 Å². The third kappa shape index (κ3) is 12.3. The third-order valence-electron chi connectivity index (χ3n) is 9.44. The molecular formula is C34H68O2. The van der Waals surface area contributed by atoms with Crippen molar-refractivity contribution in [3.63, 3.8) is 0 Å². The lowest BCUT2D eigenvalue weighted by Crippen LogP contribution is -2.41. The highest BCUT2D eigenvalue weighted by atomic mass is 16.4. The maximum absolute atomic E-state index is 13.2. The zero-order valence-electron chi connectivity index (χ0n) is 26.1. The molecule has 0 aromatic heterocycles. The van der Waals surface area contributed by atoms with Crippen LogP contribution in [0.25, 0.3) is 0 Å². The Morgan fingerprint density at radius 2 is 0.944 bits per heavy atom. The summed E-state index contributed by atoms with van der Waals surface area (Å²) in [6.07, 6.45) is 26.5. The van der Waals surface area contributed by atoms with Gasteiger partial charge < -0.3 is 5.11 Å². The van der Waals surface area contributed by atoms with Gasteiger partial charge in [0.1, 0.15) is 0 Å². The van der Waals surface area contributed by atoms with Crippen LogP contribution in [-0.4, -0.2) is 11.1 Å². The fraction of sp³-hybridized carbons (Fsp3) is 0.971. The van der Waals surface area contributed by atoms with Crippen LogP contribution in [-0.2, 0) is 4.79 Å². The summed E-state index contributed by atoms with van der Waals surface area (Å²) in [6.45, 7) is 16.1. The van der Waals surface area contributed by atoms with Crippen molar-refractivity contribution in [3.05, 3.63) is 0 Å². The Morgan fingerprint density at radius 3 is 1.33 bits per heavy atom. The Hall–Kier alpha value is -0.530. The van der Waals surface area contributed by atoms with E-state index in [2.05, 4.69) is 48.5 Å². The minimum absolute atomic E-state index is 0.0261. The van der Waals surface area contributed by atoms with Crippen LogP contribution in [0.5, 0.6) is 0 Å². The van der Waals surface area contributed by atoms with Crippen molar-refractivity contribution in [1.29, 1.82) is 0 Å². The molecule has 0 aromatic carbocycles. The summed E-state index contributed by atoms with van der Waals surface area (Å²) in [5.41, 5.74) is 0.301. The van der Waals surface area contributed by atoms with Crippen LogP contribution in [0.15, 0.2) is 0 Å². The largest absolute Gasteiger partial charge is 0.481 e. The minimum Gasteiger partial charge on any atom is -0.481 e. The summed E-state index contributed by atoms with van der Waals surface area (Å²) < 4.78 is 0. The van der Waals surface area contributed by atoms with Gasteiger partial charge in [-0.3, -0.25) is 4.79 Å². The fourth-order valence-electron chi connectivity index (χ4n) is 7.39. The first-order valence-corrected chi connectivity index (χ1v) is 16.6. The van der Waals surface area contributed by atoms with Gasteiger partial charge in [-0.05, 0) is 68.1 Å². The molecule has 0 aromatic rings. The van der Waals surface area contributed by atoms with Crippen LogP contribution in [0.1, 0.15) is 190 Å². The topological polar surface area (TPSA) is 37.3 Å². The van der Waals surface area contributed by atoms with Gasteiger partial charge >= 0.3 is 5.97 Å². The third-order valence-corrected chi connectivity index (χ3v) is 9.44. The SMILES string of the molecule is CCCCCCC(CC(C(=O)O)C(CCC)(CCCC)CCCC)C(CCC)(CCCC)CCCC. The molecular weight excluding hydrogens is 440 g/mol. The maximum atomic E-state index is 13.2. The van der Waals surface area contributed by atoms with Gasteiger partial charge in [-0.2, -0.15) is 0 Å². The molecule has 2 unspecified atom stereocenters. The Labute approximate surface area is 228 Å². The van der Waals surface area contributed by atoms with Crippen molar-refractivity contribution in [3.8, 4) is 0 Å². The Kier molecular flexibility index (Phi) is 21.1. The minimum atomic E-state index is -0.495. The van der Waals surface area contributed by atoms with E-state index in [1.54, 1.807) is 0 Å². The van der Waals surface area contributed by atoms with E-state index < -0.39 is 5.97 Å². The molecule has 0 rings (SSSR count). The predicted molar refractivity (Wildman–Crippen MR) is 161 cm³/mol. The number of hydrogen-bond donors (Lipinski definition) is 1. The van der Waals surface area contributed by atoms with Gasteiger partial charge in [0.05, 0.1) is 5.92 Å². The number of unbranched alkanes of at least 4 members (excludes halogenated alkanes) is 7. The second kappa shape index (κ2) is 21.4. The average molecular weight is 509 g/mol. The van der Waals surface area contributed by atoms with E-state index in [0.29, 0.717) is 11.3 Å². The molecule has 0 fully saturated rings. The van der Waals surface area contributed by atoms with Crippen molar-refractivity contribution >= 4 is 5.97 Å². The first-order chi connectivity index (χ1) is 17.4. The molecule has 0 heterocycles. The van der Waals surface area contributed by atoms with Crippen molar-refractivity contribution in [2.45, 2.75) is 190 Å². The number of carboxylic acids is 1. The zero-order valence-corrected chi connectivity index (χ0v) is 26.1. The van der Waals surface area contributed by atoms with Gasteiger partial charge in [0.15, 0.2) is 0 Å². The summed E-state index contributed by atoms with van der Waals surface area (Å²) >= 11 is 0. The summed E-state index contributed by atoms with van der Waals surface area (Å²) in [5, 5.41) is 10.8. The molecule has 0 spiro atoms. The van der Waals surface area contributed by atoms with Crippen molar-refractivity contribution in [2.24, 2.45) is 22.7 Å². The highest BCUT2D eigenvalue weighted by molar-refractivity contribution is 5.71. The molecule has 0 radical (unpaired) electrons. The maximum Gasteiger partial charge on any atom is 0.307 e. The predicted octanol–water partition coefficient (Wildman–Crippen LogP) is 12.0. The van der Waals surface area contributed by atoms with Crippen molar-refractivity contribution < 1.29 is 9.90 Å². The quantitative estimate of drug-likeness (QED) is 0.118. The van der Waals surface area contributed by atoms with Crippen LogP contribution in [0.4, 0.5) is 0 Å². The van der Waals surface area contributed by atoms with Gasteiger partial charge in [-0.25, -0.2) is 0 Å². The molecule has 0 aliphatic heterocycles. The van der Waals surface area contributed by atoms with E-state index >= 15 is 0 Å². The highest BCUT2D eigenvalue weighted by Crippen LogP contribution is 2.52. The van der Waals surface area contributed by atoms with E-state index in [4.69, 9.17) is 0 Å². The molecule has 2 atom stereocenters. The molecule has 1 N–H and O–H groups in total. The van der Waals surface area contributed by atoms with Gasteiger partial charge in [-0.1, -0.05) is 138 Å².